The van der Waals surface area contributed by atoms with Crippen molar-refractivity contribution in [2.24, 2.45) is 0 Å². The molecule has 0 bridgehead atoms. The van der Waals surface area contributed by atoms with E-state index in [2.05, 4.69) is 30.9 Å². The number of hydrogen-bond acceptors (Lipinski definition) is 3. The summed E-state index contributed by atoms with van der Waals surface area (Å²) >= 11 is 3.12. The van der Waals surface area contributed by atoms with Crippen molar-refractivity contribution in [1.82, 2.24) is 0 Å². The number of carbonyl (C=O) groups is 2. The van der Waals surface area contributed by atoms with E-state index in [1.165, 1.54) is 51.8 Å². The molecule has 164 valence electrons. The molecule has 0 aromatic carbocycles. The Kier molecular flexibility index (Phi) is 18.9. The molecule has 0 rings (SSSR count). The molecule has 0 spiro atoms. The molecule has 0 aliphatic rings. The van der Waals surface area contributed by atoms with Crippen molar-refractivity contribution in [3.05, 3.63) is 10.2 Å². The van der Waals surface area contributed by atoms with Crippen molar-refractivity contribution in [3.63, 3.8) is 0 Å². The maximum absolute atomic E-state index is 11.8. The summed E-state index contributed by atoms with van der Waals surface area (Å²) in [5.41, 5.74) is 0. The van der Waals surface area contributed by atoms with Gasteiger partial charge in [-0.1, -0.05) is 0 Å². The Bertz CT molecular complexity index is 416. The van der Waals surface area contributed by atoms with E-state index in [-0.39, 0.29) is 11.2 Å². The predicted molar refractivity (Wildman–Crippen MR) is 124 cm³/mol. The van der Waals surface area contributed by atoms with Crippen LogP contribution in [0.5, 0.6) is 0 Å². The van der Waals surface area contributed by atoms with Crippen LogP contribution in [0, 0.1) is 0 Å². The van der Waals surface area contributed by atoms with Crippen molar-refractivity contribution < 1.29 is 14.3 Å². The van der Waals surface area contributed by atoms with Crippen LogP contribution in [0.3, 0.4) is 0 Å². The molecule has 0 aliphatic heterocycles. The molecule has 0 fully saturated rings. The summed E-state index contributed by atoms with van der Waals surface area (Å²) in [6, 6.07) is 0. The Morgan fingerprint density at radius 1 is 0.821 bits per heavy atom. The summed E-state index contributed by atoms with van der Waals surface area (Å²) in [6.45, 7) is 7.39. The summed E-state index contributed by atoms with van der Waals surface area (Å²) in [5.74, 6) is -0.122. The van der Waals surface area contributed by atoms with E-state index < -0.39 is 18.4 Å². The molecule has 0 saturated heterocycles. The number of hydrogen-bond donors (Lipinski definition) is 0. The number of carbonyl (C=O) groups excluding carboxylic acids is 2. The molecule has 5 heteroatoms. The fourth-order valence-electron chi connectivity index (χ4n) is 3.57. The van der Waals surface area contributed by atoms with Gasteiger partial charge in [-0.05, 0) is 11.6 Å². The van der Waals surface area contributed by atoms with Gasteiger partial charge in [-0.2, -0.15) is 0 Å². The van der Waals surface area contributed by atoms with E-state index in [4.69, 9.17) is 16.3 Å². The third-order valence-corrected chi connectivity index (χ3v) is 19.8. The zero-order valence-corrected chi connectivity index (χ0v) is 22.2. The van der Waals surface area contributed by atoms with E-state index in [9.17, 15) is 9.59 Å². The zero-order chi connectivity index (χ0) is 21.1. The second kappa shape index (κ2) is 19.0. The predicted octanol–water partition coefficient (Wildman–Crippen LogP) is 7.58. The molecule has 0 amide bonds. The van der Waals surface area contributed by atoms with E-state index >= 15 is 0 Å². The first-order valence-corrected chi connectivity index (χ1v) is 19.6. The van der Waals surface area contributed by atoms with E-state index in [1.807, 2.05) is 0 Å². The van der Waals surface area contributed by atoms with Crippen molar-refractivity contribution >= 4 is 41.2 Å². The molecule has 0 aromatic rings. The van der Waals surface area contributed by atoms with Gasteiger partial charge in [-0.15, -0.1) is 0 Å². The number of esters is 1. The molecule has 0 atom stereocenters. The first-order valence-electron chi connectivity index (χ1n) is 11.5. The van der Waals surface area contributed by atoms with Gasteiger partial charge in [0.15, 0.2) is 0 Å². The molecule has 3 nitrogen and oxygen atoms in total. The number of unbranched alkanes of at least 4 members (excludes halogenated alkanes) is 5. The molecule has 0 saturated carbocycles. The summed E-state index contributed by atoms with van der Waals surface area (Å²) in [6.07, 6.45) is 14.4. The Labute approximate surface area is 182 Å². The Balaban J connectivity index is 4.29. The molecular formula is C23H43ClO3Sn. The van der Waals surface area contributed by atoms with Gasteiger partial charge in [0.05, 0.1) is 0 Å². The van der Waals surface area contributed by atoms with Crippen LogP contribution in [-0.2, 0) is 14.3 Å². The van der Waals surface area contributed by atoms with E-state index in [0.717, 1.165) is 25.7 Å². The van der Waals surface area contributed by atoms with E-state index in [0.29, 0.717) is 19.4 Å². The van der Waals surface area contributed by atoms with Gasteiger partial charge < -0.3 is 0 Å². The third-order valence-electron chi connectivity index (χ3n) is 5.36. The molecule has 0 unspecified atom stereocenters. The normalized spacial score (nSPS) is 11.9. The third kappa shape index (κ3) is 15.8. The Morgan fingerprint density at radius 3 is 1.86 bits per heavy atom. The maximum atomic E-state index is 11.8. The van der Waals surface area contributed by atoms with Crippen molar-refractivity contribution in [2.75, 3.05) is 6.61 Å². The van der Waals surface area contributed by atoms with Gasteiger partial charge in [0, 0.05) is 0 Å². The monoisotopic (exact) mass is 522 g/mol. The first kappa shape index (κ1) is 28.0. The Morgan fingerprint density at radius 2 is 1.36 bits per heavy atom. The number of ether oxygens (including phenoxy) is 1. The number of halogens is 1. The minimum atomic E-state index is -2.18. The van der Waals surface area contributed by atoms with Crippen LogP contribution in [0.2, 0.25) is 13.3 Å². The van der Waals surface area contributed by atoms with Crippen LogP contribution >= 0.6 is 11.6 Å². The van der Waals surface area contributed by atoms with Crippen molar-refractivity contribution in [1.29, 1.82) is 0 Å². The fourth-order valence-corrected chi connectivity index (χ4v) is 18.2. The van der Waals surface area contributed by atoms with Crippen molar-refractivity contribution in [2.45, 2.75) is 111 Å². The summed E-state index contributed by atoms with van der Waals surface area (Å²) < 4.78 is 12.4. The standard InChI is InChI=1S/C11H16ClO3.3C4H9.Sn/c1-2-3-9-15-11(14)8-6-4-5-7-10(12)13;3*1-3-4-2;/h1-2H,3-9H2;3*1,3-4H2,2H3;. The quantitative estimate of drug-likeness (QED) is 0.0761. The van der Waals surface area contributed by atoms with Gasteiger partial charge in [0.1, 0.15) is 0 Å². The van der Waals surface area contributed by atoms with Crippen molar-refractivity contribution in [3.8, 4) is 0 Å². The van der Waals surface area contributed by atoms with Gasteiger partial charge in [-0.3, -0.25) is 4.79 Å². The van der Waals surface area contributed by atoms with Crippen LogP contribution in [0.25, 0.3) is 0 Å². The van der Waals surface area contributed by atoms with Gasteiger partial charge in [0.25, 0.3) is 0 Å². The average Bonchev–Trinajstić information content (AvgIpc) is 2.68. The fraction of sp³-hybridized carbons (Fsp3) is 0.826. The second-order valence-electron chi connectivity index (χ2n) is 8.00. The molecule has 28 heavy (non-hydrogen) atoms. The molecule has 0 aromatic heterocycles. The minimum absolute atomic E-state index is 0.122. The molecule has 0 radical (unpaired) electrons. The number of rotatable bonds is 19. The molecule has 0 N–H and O–H groups in total. The average molecular weight is 522 g/mol. The van der Waals surface area contributed by atoms with Crippen LogP contribution in [0.1, 0.15) is 97.8 Å². The van der Waals surface area contributed by atoms with Crippen LogP contribution < -0.4 is 0 Å². The topological polar surface area (TPSA) is 43.4 Å². The summed E-state index contributed by atoms with van der Waals surface area (Å²) in [7, 11) is 0. The zero-order valence-electron chi connectivity index (χ0n) is 18.6. The van der Waals surface area contributed by atoms with Gasteiger partial charge in [-0.25, -0.2) is 0 Å². The van der Waals surface area contributed by atoms with Gasteiger partial charge >= 0.3 is 167 Å². The Hall–Kier alpha value is -0.0313. The summed E-state index contributed by atoms with van der Waals surface area (Å²) in [4.78, 5) is 22.5. The molecular weight excluding hydrogens is 478 g/mol. The van der Waals surface area contributed by atoms with Crippen LogP contribution in [-0.4, -0.2) is 36.2 Å². The SMILES string of the molecule is CCC[CH2][Sn](/[CH]=C/CCOC(=O)CCCCCC(=O)Cl)([CH2]CCC)[CH2]CCC. The van der Waals surface area contributed by atoms with Crippen LogP contribution in [0.4, 0.5) is 0 Å². The second-order valence-corrected chi connectivity index (χ2v) is 21.4. The first-order chi connectivity index (χ1) is 13.5. The van der Waals surface area contributed by atoms with E-state index in [1.54, 1.807) is 0 Å². The van der Waals surface area contributed by atoms with Gasteiger partial charge in [0.2, 0.25) is 0 Å². The molecule has 0 heterocycles. The summed E-state index contributed by atoms with van der Waals surface area (Å²) in [5, 5.41) is -0.299. The van der Waals surface area contributed by atoms with Crippen LogP contribution in [0.15, 0.2) is 10.2 Å². The molecule has 0 aliphatic carbocycles.